The van der Waals surface area contributed by atoms with Crippen molar-refractivity contribution in [3.63, 3.8) is 0 Å². The van der Waals surface area contributed by atoms with Crippen molar-refractivity contribution in [3.05, 3.63) is 29.8 Å². The van der Waals surface area contributed by atoms with Gasteiger partial charge in [0.25, 0.3) is 0 Å². The minimum atomic E-state index is -0.541. The number of fused-ring (bicyclic) bond motifs is 1. The third kappa shape index (κ3) is 4.40. The van der Waals surface area contributed by atoms with Crippen molar-refractivity contribution in [1.82, 2.24) is 25.8 Å². The second-order valence-corrected chi connectivity index (χ2v) is 8.85. The van der Waals surface area contributed by atoms with Gasteiger partial charge in [0.15, 0.2) is 0 Å². The topological polar surface area (TPSA) is 103 Å². The molecule has 3 N–H and O–H groups in total. The number of benzene rings is 1. The molecule has 2 heterocycles. The second-order valence-electron chi connectivity index (χ2n) is 7.72. The number of methoxy groups -OCH3 is 1. The van der Waals surface area contributed by atoms with E-state index in [9.17, 15) is 14.4 Å². The molecule has 1 aromatic rings. The van der Waals surface area contributed by atoms with Crippen molar-refractivity contribution < 1.29 is 19.1 Å². The quantitative estimate of drug-likeness (QED) is 0.611. The fourth-order valence-corrected chi connectivity index (χ4v) is 4.93. The summed E-state index contributed by atoms with van der Waals surface area (Å²) in [5.41, 5.74) is 0.864. The zero-order valence-corrected chi connectivity index (χ0v) is 18.7. The van der Waals surface area contributed by atoms with Crippen LogP contribution in [0.1, 0.15) is 25.6 Å². The standard InChI is InChI=1S/C20H29N5O4S/c1-11(2)21-14(26)10-30-18-15-17(24(3)20(28)25(4)19(15)27)22-16(23-18)12-8-6-7-9-13(12)29-5/h6-9,11,15-18,22-23H,10H2,1-5H3,(H,21,26). The first kappa shape index (κ1) is 22.4. The average molecular weight is 436 g/mol. The van der Waals surface area contributed by atoms with E-state index < -0.39 is 12.1 Å². The molecule has 164 valence electrons. The van der Waals surface area contributed by atoms with Gasteiger partial charge in [-0.05, 0) is 19.9 Å². The SMILES string of the molecule is COc1ccccc1C1NC(SCC(=O)NC(C)C)C2C(=O)N(C)C(=O)N(C)C2N1. The molecule has 2 aliphatic heterocycles. The summed E-state index contributed by atoms with van der Waals surface area (Å²) in [5.74, 6) is -0.0204. The molecular weight excluding hydrogens is 406 g/mol. The van der Waals surface area contributed by atoms with Gasteiger partial charge >= 0.3 is 6.03 Å². The Morgan fingerprint density at radius 3 is 2.60 bits per heavy atom. The molecule has 2 fully saturated rings. The van der Waals surface area contributed by atoms with E-state index in [2.05, 4.69) is 16.0 Å². The number of amides is 4. The Morgan fingerprint density at radius 2 is 1.93 bits per heavy atom. The lowest BCUT2D eigenvalue weighted by Gasteiger charge is -2.50. The molecule has 0 radical (unpaired) electrons. The van der Waals surface area contributed by atoms with Gasteiger partial charge in [-0.3, -0.25) is 25.1 Å². The van der Waals surface area contributed by atoms with Crippen molar-refractivity contribution >= 4 is 29.6 Å². The lowest BCUT2D eigenvalue weighted by atomic mass is 9.95. The Morgan fingerprint density at radius 1 is 1.23 bits per heavy atom. The van der Waals surface area contributed by atoms with Gasteiger partial charge in [0.2, 0.25) is 11.8 Å². The van der Waals surface area contributed by atoms with Crippen LogP contribution in [0.2, 0.25) is 0 Å². The number of carbonyl (C=O) groups is 3. The minimum absolute atomic E-state index is 0.0411. The molecule has 4 atom stereocenters. The summed E-state index contributed by atoms with van der Waals surface area (Å²) in [4.78, 5) is 40.4. The van der Waals surface area contributed by atoms with Gasteiger partial charge in [-0.1, -0.05) is 18.2 Å². The normalized spacial score (nSPS) is 26.6. The highest BCUT2D eigenvalue weighted by molar-refractivity contribution is 8.00. The molecule has 9 nitrogen and oxygen atoms in total. The molecule has 2 saturated heterocycles. The third-order valence-electron chi connectivity index (χ3n) is 5.25. The number of nitrogens with zero attached hydrogens (tertiary/aromatic N) is 2. The van der Waals surface area contributed by atoms with E-state index in [1.54, 1.807) is 14.2 Å². The molecule has 30 heavy (non-hydrogen) atoms. The maximum absolute atomic E-state index is 13.0. The van der Waals surface area contributed by atoms with Gasteiger partial charge in [0, 0.05) is 25.7 Å². The highest BCUT2D eigenvalue weighted by Crippen LogP contribution is 2.36. The molecular formula is C20H29N5O4S. The van der Waals surface area contributed by atoms with Crippen molar-refractivity contribution in [2.45, 2.75) is 37.6 Å². The molecule has 0 bridgehead atoms. The summed E-state index contributed by atoms with van der Waals surface area (Å²) >= 11 is 1.36. The number of ether oxygens (including phenoxy) is 1. The van der Waals surface area contributed by atoms with Crippen molar-refractivity contribution in [3.8, 4) is 5.75 Å². The van der Waals surface area contributed by atoms with Crippen LogP contribution in [0.25, 0.3) is 0 Å². The summed E-state index contributed by atoms with van der Waals surface area (Å²) in [6.45, 7) is 3.80. The molecule has 1 aromatic carbocycles. The van der Waals surface area contributed by atoms with E-state index in [0.717, 1.165) is 10.5 Å². The molecule has 2 aliphatic rings. The highest BCUT2D eigenvalue weighted by atomic mass is 32.2. The first-order valence-corrected chi connectivity index (χ1v) is 10.9. The van der Waals surface area contributed by atoms with Gasteiger partial charge in [-0.15, -0.1) is 11.8 Å². The smallest absolute Gasteiger partial charge is 0.327 e. The maximum Gasteiger partial charge on any atom is 0.327 e. The molecule has 3 rings (SSSR count). The van der Waals surface area contributed by atoms with Crippen molar-refractivity contribution in [2.75, 3.05) is 27.0 Å². The van der Waals surface area contributed by atoms with Crippen LogP contribution in [0.4, 0.5) is 4.79 Å². The van der Waals surface area contributed by atoms with Gasteiger partial charge < -0.3 is 15.0 Å². The zero-order chi connectivity index (χ0) is 22.0. The van der Waals surface area contributed by atoms with Crippen LogP contribution in [0.5, 0.6) is 5.75 Å². The van der Waals surface area contributed by atoms with E-state index in [4.69, 9.17) is 4.74 Å². The van der Waals surface area contributed by atoms with Crippen molar-refractivity contribution in [2.24, 2.45) is 5.92 Å². The minimum Gasteiger partial charge on any atom is -0.496 e. The first-order chi connectivity index (χ1) is 14.2. The maximum atomic E-state index is 13.0. The van der Waals surface area contributed by atoms with Crippen LogP contribution in [0.15, 0.2) is 24.3 Å². The van der Waals surface area contributed by atoms with Crippen molar-refractivity contribution in [1.29, 1.82) is 0 Å². The van der Waals surface area contributed by atoms with Gasteiger partial charge in [0.05, 0.1) is 36.5 Å². The zero-order valence-electron chi connectivity index (χ0n) is 17.8. The fraction of sp³-hybridized carbons (Fsp3) is 0.550. The number of para-hydroxylation sites is 1. The Balaban J connectivity index is 1.89. The molecule has 0 spiro atoms. The molecule has 0 saturated carbocycles. The number of imide groups is 1. The van der Waals surface area contributed by atoms with Crippen LogP contribution >= 0.6 is 11.8 Å². The number of urea groups is 1. The Hall–Kier alpha value is -2.30. The Labute approximate surface area is 180 Å². The fourth-order valence-electron chi connectivity index (χ4n) is 3.81. The molecule has 0 aromatic heterocycles. The summed E-state index contributed by atoms with van der Waals surface area (Å²) in [5, 5.41) is 9.31. The van der Waals surface area contributed by atoms with Crippen LogP contribution in [-0.2, 0) is 9.59 Å². The molecule has 4 unspecified atom stereocenters. The van der Waals surface area contributed by atoms with E-state index >= 15 is 0 Å². The number of thioether (sulfide) groups is 1. The summed E-state index contributed by atoms with van der Waals surface area (Å²) in [6, 6.07) is 7.24. The van der Waals surface area contributed by atoms with Crippen LogP contribution < -0.4 is 20.7 Å². The van der Waals surface area contributed by atoms with E-state index in [-0.39, 0.29) is 41.2 Å². The highest BCUT2D eigenvalue weighted by Gasteiger charge is 2.51. The second kappa shape index (κ2) is 9.23. The summed E-state index contributed by atoms with van der Waals surface area (Å²) in [7, 11) is 4.76. The number of carbonyl (C=O) groups excluding carboxylic acids is 3. The predicted octanol–water partition coefficient (Wildman–Crippen LogP) is 0.937. The lowest BCUT2D eigenvalue weighted by molar-refractivity contribution is -0.140. The predicted molar refractivity (Wildman–Crippen MR) is 115 cm³/mol. The summed E-state index contributed by atoms with van der Waals surface area (Å²) < 4.78 is 5.49. The van der Waals surface area contributed by atoms with E-state index in [1.165, 1.54) is 23.7 Å². The molecule has 0 aliphatic carbocycles. The van der Waals surface area contributed by atoms with Crippen LogP contribution in [0.3, 0.4) is 0 Å². The van der Waals surface area contributed by atoms with Crippen LogP contribution in [0, 0.1) is 5.92 Å². The number of rotatable bonds is 6. The lowest BCUT2D eigenvalue weighted by Crippen LogP contribution is -2.72. The first-order valence-electron chi connectivity index (χ1n) is 9.85. The molecule has 4 amide bonds. The van der Waals surface area contributed by atoms with Gasteiger partial charge in [-0.25, -0.2) is 4.79 Å². The monoisotopic (exact) mass is 435 g/mol. The van der Waals surface area contributed by atoms with Gasteiger partial charge in [0.1, 0.15) is 5.75 Å². The number of nitrogens with one attached hydrogen (secondary N) is 3. The number of hydrogen-bond acceptors (Lipinski definition) is 7. The average Bonchev–Trinajstić information content (AvgIpc) is 2.73. The van der Waals surface area contributed by atoms with Gasteiger partial charge in [-0.2, -0.15) is 0 Å². The van der Waals surface area contributed by atoms with E-state index in [1.807, 2.05) is 38.1 Å². The summed E-state index contributed by atoms with van der Waals surface area (Å²) in [6.07, 6.45) is -0.873. The Bertz CT molecular complexity index is 820. The largest absolute Gasteiger partial charge is 0.496 e. The molecule has 10 heteroatoms. The third-order valence-corrected chi connectivity index (χ3v) is 6.47. The van der Waals surface area contributed by atoms with Crippen LogP contribution in [-0.4, -0.2) is 72.2 Å². The number of hydrogen-bond donors (Lipinski definition) is 3. The van der Waals surface area contributed by atoms with E-state index in [0.29, 0.717) is 5.75 Å². The Kier molecular flexibility index (Phi) is 6.89.